The van der Waals surface area contributed by atoms with Gasteiger partial charge in [0.1, 0.15) is 0 Å². The lowest BCUT2D eigenvalue weighted by atomic mass is 10.1. The average Bonchev–Trinajstić information content (AvgIpc) is 2.66. The second-order valence-corrected chi connectivity index (χ2v) is 9.26. The van der Waals surface area contributed by atoms with E-state index in [2.05, 4.69) is 18.0 Å². The average molecular weight is 432 g/mol. The monoisotopic (exact) mass is 431 g/mol. The molecule has 0 fully saturated rings. The molecule has 0 aliphatic carbocycles. The van der Waals surface area contributed by atoms with Crippen LogP contribution in [0, 0.1) is 6.92 Å². The molecule has 30 heavy (non-hydrogen) atoms. The summed E-state index contributed by atoms with van der Waals surface area (Å²) in [5.41, 5.74) is 9.21. The van der Waals surface area contributed by atoms with Gasteiger partial charge in [-0.05, 0) is 63.0 Å². The van der Waals surface area contributed by atoms with Gasteiger partial charge in [0.15, 0.2) is 0 Å². The molecule has 0 heterocycles. The van der Waals surface area contributed by atoms with Crippen LogP contribution in [-0.4, -0.2) is 38.4 Å². The van der Waals surface area contributed by atoms with Crippen LogP contribution >= 0.6 is 0 Å². The van der Waals surface area contributed by atoms with Crippen molar-refractivity contribution in [1.29, 1.82) is 0 Å². The van der Waals surface area contributed by atoms with Crippen molar-refractivity contribution in [2.24, 2.45) is 0 Å². The molecule has 1 aromatic carbocycles. The van der Waals surface area contributed by atoms with Gasteiger partial charge in [-0.15, -0.1) is 11.5 Å². The SMILES string of the molecule is C=C=C(CCC)CN(CC(=C=C(C)C)CC(=O)OCC)S(=O)(=O)c1ccc(C)cc1. The van der Waals surface area contributed by atoms with Crippen LogP contribution in [0.5, 0.6) is 0 Å². The summed E-state index contributed by atoms with van der Waals surface area (Å²) >= 11 is 0. The summed E-state index contributed by atoms with van der Waals surface area (Å²) in [5, 5.41) is 0. The quantitative estimate of drug-likeness (QED) is 0.368. The van der Waals surface area contributed by atoms with Crippen molar-refractivity contribution in [3.05, 3.63) is 64.6 Å². The molecular formula is C24H33NO4S. The van der Waals surface area contributed by atoms with Gasteiger partial charge in [-0.2, -0.15) is 4.31 Å². The third kappa shape index (κ3) is 8.17. The standard InChI is InChI=1S/C24H33NO4S/c1-7-10-21(8-2)17-25(30(27,28)23-13-11-20(6)12-14-23)18-22(15-19(4)5)16-24(26)29-9-3/h11-14H,2,7,9-10,16-18H2,1,3-6H3. The predicted molar refractivity (Wildman–Crippen MR) is 121 cm³/mol. The van der Waals surface area contributed by atoms with Crippen molar-refractivity contribution in [2.45, 2.75) is 58.8 Å². The summed E-state index contributed by atoms with van der Waals surface area (Å²) in [5.74, 6) is -0.401. The molecule has 1 aromatic rings. The lowest BCUT2D eigenvalue weighted by Gasteiger charge is -2.24. The first-order valence-electron chi connectivity index (χ1n) is 10.2. The number of hydrogen-bond acceptors (Lipinski definition) is 4. The van der Waals surface area contributed by atoms with Gasteiger partial charge < -0.3 is 4.74 Å². The van der Waals surface area contributed by atoms with Gasteiger partial charge in [0.05, 0.1) is 17.9 Å². The maximum Gasteiger partial charge on any atom is 0.310 e. The molecule has 164 valence electrons. The second kappa shape index (κ2) is 12.4. The van der Waals surface area contributed by atoms with E-state index in [0.29, 0.717) is 12.0 Å². The van der Waals surface area contributed by atoms with E-state index < -0.39 is 16.0 Å². The van der Waals surface area contributed by atoms with Gasteiger partial charge in [0.25, 0.3) is 0 Å². The van der Waals surface area contributed by atoms with Crippen LogP contribution in [-0.2, 0) is 19.6 Å². The number of carbonyl (C=O) groups is 1. The first-order chi connectivity index (χ1) is 14.1. The van der Waals surface area contributed by atoms with Crippen LogP contribution < -0.4 is 0 Å². The molecule has 0 saturated carbocycles. The van der Waals surface area contributed by atoms with Crippen LogP contribution in [0.25, 0.3) is 0 Å². The smallest absolute Gasteiger partial charge is 0.310 e. The molecule has 6 heteroatoms. The zero-order chi connectivity index (χ0) is 22.7. The molecule has 0 aliphatic heterocycles. The van der Waals surface area contributed by atoms with Gasteiger partial charge in [-0.25, -0.2) is 8.42 Å². The Balaban J connectivity index is 3.40. The molecule has 5 nitrogen and oxygen atoms in total. The molecule has 0 amide bonds. The summed E-state index contributed by atoms with van der Waals surface area (Å²) in [6.07, 6.45) is 1.54. The minimum atomic E-state index is -3.80. The topological polar surface area (TPSA) is 63.7 Å². The Morgan fingerprint density at radius 2 is 1.70 bits per heavy atom. The molecule has 0 aromatic heterocycles. The highest BCUT2D eigenvalue weighted by Gasteiger charge is 2.27. The molecule has 0 unspecified atom stereocenters. The highest BCUT2D eigenvalue weighted by molar-refractivity contribution is 7.89. The number of esters is 1. The predicted octanol–water partition coefficient (Wildman–Crippen LogP) is 4.94. The molecule has 0 saturated heterocycles. The second-order valence-electron chi connectivity index (χ2n) is 7.33. The van der Waals surface area contributed by atoms with E-state index in [-0.39, 0.29) is 31.0 Å². The number of carbonyl (C=O) groups excluding carboxylic acids is 1. The number of rotatable bonds is 11. The van der Waals surface area contributed by atoms with E-state index in [1.807, 2.05) is 27.7 Å². The third-order valence-corrected chi connectivity index (χ3v) is 6.09. The Hall–Kier alpha value is -2.36. The molecule has 1 rings (SSSR count). The van der Waals surface area contributed by atoms with Crippen molar-refractivity contribution < 1.29 is 17.9 Å². The molecule has 0 bridgehead atoms. The Bertz CT molecular complexity index is 941. The number of nitrogens with zero attached hydrogens (tertiary/aromatic N) is 1. The van der Waals surface area contributed by atoms with Crippen LogP contribution in [0.2, 0.25) is 0 Å². The molecule has 0 radical (unpaired) electrons. The number of sulfonamides is 1. The lowest BCUT2D eigenvalue weighted by Crippen LogP contribution is -2.35. The third-order valence-electron chi connectivity index (χ3n) is 4.28. The van der Waals surface area contributed by atoms with Crippen molar-refractivity contribution in [3.63, 3.8) is 0 Å². The first-order valence-corrected chi connectivity index (χ1v) is 11.6. The highest BCUT2D eigenvalue weighted by atomic mass is 32.2. The number of hydrogen-bond donors (Lipinski definition) is 0. The Morgan fingerprint density at radius 3 is 2.20 bits per heavy atom. The number of benzene rings is 1. The van der Waals surface area contributed by atoms with Crippen molar-refractivity contribution in [1.82, 2.24) is 4.31 Å². The lowest BCUT2D eigenvalue weighted by molar-refractivity contribution is -0.142. The Morgan fingerprint density at radius 1 is 1.10 bits per heavy atom. The van der Waals surface area contributed by atoms with Gasteiger partial charge in [-0.1, -0.05) is 37.6 Å². The summed E-state index contributed by atoms with van der Waals surface area (Å²) in [6, 6.07) is 6.74. The van der Waals surface area contributed by atoms with Crippen LogP contribution in [0.1, 0.15) is 52.5 Å². The fraction of sp³-hybridized carbons (Fsp3) is 0.458. The number of aryl methyl sites for hydroxylation is 1. The summed E-state index contributed by atoms with van der Waals surface area (Å²) in [7, 11) is -3.80. The van der Waals surface area contributed by atoms with Crippen molar-refractivity contribution >= 4 is 16.0 Å². The van der Waals surface area contributed by atoms with Gasteiger partial charge in [0, 0.05) is 13.1 Å². The summed E-state index contributed by atoms with van der Waals surface area (Å²) in [6.45, 7) is 13.6. The van der Waals surface area contributed by atoms with E-state index in [1.54, 1.807) is 31.2 Å². The molecule has 0 aliphatic rings. The van der Waals surface area contributed by atoms with Crippen LogP contribution in [0.4, 0.5) is 0 Å². The fourth-order valence-corrected chi connectivity index (χ4v) is 4.35. The van der Waals surface area contributed by atoms with Gasteiger partial charge >= 0.3 is 5.97 Å². The molecule has 0 spiro atoms. The molecule has 0 atom stereocenters. The minimum absolute atomic E-state index is 0.0140. The van der Waals surface area contributed by atoms with Crippen LogP contribution in [0.15, 0.2) is 63.9 Å². The minimum Gasteiger partial charge on any atom is -0.466 e. The Kier molecular flexibility index (Phi) is 10.6. The maximum atomic E-state index is 13.4. The zero-order valence-corrected chi connectivity index (χ0v) is 19.6. The highest BCUT2D eigenvalue weighted by Crippen LogP contribution is 2.21. The van der Waals surface area contributed by atoms with Crippen LogP contribution in [0.3, 0.4) is 0 Å². The molecule has 0 N–H and O–H groups in total. The normalized spacial score (nSPS) is 10.9. The van der Waals surface area contributed by atoms with E-state index in [1.165, 1.54) is 4.31 Å². The Labute approximate surface area is 181 Å². The summed E-state index contributed by atoms with van der Waals surface area (Å²) < 4.78 is 33.3. The summed E-state index contributed by atoms with van der Waals surface area (Å²) in [4.78, 5) is 12.3. The van der Waals surface area contributed by atoms with Gasteiger partial charge in [-0.3, -0.25) is 4.79 Å². The van der Waals surface area contributed by atoms with E-state index in [4.69, 9.17) is 4.74 Å². The first kappa shape index (κ1) is 25.7. The number of ether oxygens (including phenoxy) is 1. The fourth-order valence-electron chi connectivity index (χ4n) is 2.92. The molecular weight excluding hydrogens is 398 g/mol. The zero-order valence-electron chi connectivity index (χ0n) is 18.7. The van der Waals surface area contributed by atoms with E-state index in [9.17, 15) is 13.2 Å². The van der Waals surface area contributed by atoms with Crippen molar-refractivity contribution in [2.75, 3.05) is 19.7 Å². The maximum absolute atomic E-state index is 13.4. The van der Waals surface area contributed by atoms with Crippen molar-refractivity contribution in [3.8, 4) is 0 Å². The van der Waals surface area contributed by atoms with E-state index >= 15 is 0 Å². The van der Waals surface area contributed by atoms with E-state index in [0.717, 1.165) is 23.1 Å². The van der Waals surface area contributed by atoms with Gasteiger partial charge in [0.2, 0.25) is 10.0 Å². The largest absolute Gasteiger partial charge is 0.466 e.